The number of hydrogen-bond acceptors (Lipinski definition) is 2. The van der Waals surface area contributed by atoms with Crippen molar-refractivity contribution in [1.82, 2.24) is 0 Å². The van der Waals surface area contributed by atoms with Crippen molar-refractivity contribution >= 4 is 22.6 Å². The largest absolute Gasteiger partial charge is 0.456 e. The van der Waals surface area contributed by atoms with Crippen LogP contribution in [0.1, 0.15) is 17.4 Å². The summed E-state index contributed by atoms with van der Waals surface area (Å²) >= 11 is 5.97. The summed E-state index contributed by atoms with van der Waals surface area (Å²) in [7, 11) is 0. The van der Waals surface area contributed by atoms with Gasteiger partial charge < -0.3 is 10.2 Å². The number of benzene rings is 2. The number of nitrogens with two attached hydrogens (primary N) is 1. The Bertz CT molecular complexity index is 785. The van der Waals surface area contributed by atoms with E-state index in [0.717, 1.165) is 0 Å². The van der Waals surface area contributed by atoms with Gasteiger partial charge in [-0.15, -0.1) is 0 Å². The summed E-state index contributed by atoms with van der Waals surface area (Å²) in [6.45, 7) is 0. The minimum Gasteiger partial charge on any atom is -0.456 e. The molecule has 0 saturated carbocycles. The molecule has 20 heavy (non-hydrogen) atoms. The topological polar surface area (TPSA) is 39.2 Å². The Labute approximate surface area is 118 Å². The molecule has 3 aromatic rings. The zero-order valence-corrected chi connectivity index (χ0v) is 11.0. The molecule has 5 heteroatoms. The Morgan fingerprint density at radius 3 is 2.60 bits per heavy atom. The summed E-state index contributed by atoms with van der Waals surface area (Å²) in [5, 5.41) is 0.826. The second kappa shape index (κ2) is 4.89. The third-order valence-corrected chi connectivity index (χ3v) is 3.45. The Kier molecular flexibility index (Phi) is 3.20. The summed E-state index contributed by atoms with van der Waals surface area (Å²) in [4.78, 5) is 0. The maximum atomic E-state index is 13.6. The smallest absolute Gasteiger partial charge is 0.169 e. The van der Waals surface area contributed by atoms with Gasteiger partial charge in [-0.25, -0.2) is 8.78 Å². The Hall–Kier alpha value is -1.91. The molecule has 2 nitrogen and oxygen atoms in total. The first kappa shape index (κ1) is 13.1. The zero-order valence-electron chi connectivity index (χ0n) is 10.2. The molecule has 0 aliphatic heterocycles. The van der Waals surface area contributed by atoms with Gasteiger partial charge in [0.05, 0.1) is 6.04 Å². The minimum absolute atomic E-state index is 0.149. The van der Waals surface area contributed by atoms with E-state index in [1.54, 1.807) is 18.2 Å². The molecule has 0 spiro atoms. The SMILES string of the molecule is NC(c1cc2cccc(F)c2o1)c1ccc(F)cc1Cl. The fourth-order valence-corrected chi connectivity index (χ4v) is 2.39. The first-order valence-corrected chi connectivity index (χ1v) is 6.32. The fourth-order valence-electron chi connectivity index (χ4n) is 2.11. The van der Waals surface area contributed by atoms with Crippen LogP contribution in [0, 0.1) is 11.6 Å². The van der Waals surface area contributed by atoms with Gasteiger partial charge >= 0.3 is 0 Å². The summed E-state index contributed by atoms with van der Waals surface area (Å²) in [5.41, 5.74) is 6.73. The van der Waals surface area contributed by atoms with Crippen LogP contribution < -0.4 is 5.73 Å². The van der Waals surface area contributed by atoms with E-state index in [0.29, 0.717) is 16.7 Å². The number of para-hydroxylation sites is 1. The molecular formula is C15H10ClF2NO. The normalized spacial score (nSPS) is 12.8. The van der Waals surface area contributed by atoms with Crippen LogP contribution >= 0.6 is 11.6 Å². The van der Waals surface area contributed by atoms with Crippen molar-refractivity contribution in [1.29, 1.82) is 0 Å². The van der Waals surface area contributed by atoms with E-state index < -0.39 is 17.7 Å². The molecule has 0 saturated heterocycles. The van der Waals surface area contributed by atoms with Crippen LogP contribution in [0.5, 0.6) is 0 Å². The number of halogens is 3. The molecule has 0 fully saturated rings. The first-order chi connectivity index (χ1) is 9.56. The number of rotatable bonds is 2. The fraction of sp³-hybridized carbons (Fsp3) is 0.0667. The van der Waals surface area contributed by atoms with E-state index in [4.69, 9.17) is 21.8 Å². The van der Waals surface area contributed by atoms with Crippen LogP contribution in [-0.2, 0) is 0 Å². The third-order valence-electron chi connectivity index (χ3n) is 3.12. The molecule has 1 unspecified atom stereocenters. The molecule has 3 rings (SSSR count). The maximum Gasteiger partial charge on any atom is 0.169 e. The first-order valence-electron chi connectivity index (χ1n) is 5.95. The van der Waals surface area contributed by atoms with Gasteiger partial charge in [-0.1, -0.05) is 29.8 Å². The monoisotopic (exact) mass is 293 g/mol. The maximum absolute atomic E-state index is 13.6. The molecule has 0 amide bonds. The second-order valence-electron chi connectivity index (χ2n) is 4.45. The van der Waals surface area contributed by atoms with Gasteiger partial charge in [0.15, 0.2) is 11.4 Å². The van der Waals surface area contributed by atoms with E-state index >= 15 is 0 Å². The lowest BCUT2D eigenvalue weighted by atomic mass is 10.1. The van der Waals surface area contributed by atoms with Gasteiger partial charge in [0.1, 0.15) is 11.6 Å². The molecule has 2 aromatic carbocycles. The molecule has 0 radical (unpaired) electrons. The highest BCUT2D eigenvalue weighted by Gasteiger charge is 2.18. The van der Waals surface area contributed by atoms with Crippen LogP contribution in [0.4, 0.5) is 8.78 Å². The standard InChI is InChI=1S/C15H10ClF2NO/c16-11-7-9(17)4-5-10(11)14(19)13-6-8-2-1-3-12(18)15(8)20-13/h1-7,14H,19H2. The second-order valence-corrected chi connectivity index (χ2v) is 4.86. The van der Waals surface area contributed by atoms with E-state index in [1.165, 1.54) is 24.3 Å². The van der Waals surface area contributed by atoms with Gasteiger partial charge in [-0.3, -0.25) is 0 Å². The van der Waals surface area contributed by atoms with Gasteiger partial charge in [-0.2, -0.15) is 0 Å². The van der Waals surface area contributed by atoms with Crippen molar-refractivity contribution in [2.45, 2.75) is 6.04 Å². The van der Waals surface area contributed by atoms with Crippen LogP contribution in [-0.4, -0.2) is 0 Å². The van der Waals surface area contributed by atoms with Gasteiger partial charge in [0.25, 0.3) is 0 Å². The Morgan fingerprint density at radius 1 is 1.10 bits per heavy atom. The molecule has 0 aliphatic rings. The van der Waals surface area contributed by atoms with E-state index in [-0.39, 0.29) is 10.6 Å². The highest BCUT2D eigenvalue weighted by Crippen LogP contribution is 2.31. The van der Waals surface area contributed by atoms with Crippen LogP contribution in [0.25, 0.3) is 11.0 Å². The lowest BCUT2D eigenvalue weighted by Crippen LogP contribution is -2.11. The molecule has 0 bridgehead atoms. The Morgan fingerprint density at radius 2 is 1.90 bits per heavy atom. The summed E-state index contributed by atoms with van der Waals surface area (Å²) in [5.74, 6) is -0.522. The molecule has 102 valence electrons. The predicted molar refractivity (Wildman–Crippen MR) is 73.6 cm³/mol. The highest BCUT2D eigenvalue weighted by molar-refractivity contribution is 6.31. The average Bonchev–Trinajstić information content (AvgIpc) is 2.83. The van der Waals surface area contributed by atoms with Gasteiger partial charge in [0, 0.05) is 10.4 Å². The number of hydrogen-bond donors (Lipinski definition) is 1. The highest BCUT2D eigenvalue weighted by atomic mass is 35.5. The molecule has 1 heterocycles. The molecule has 2 N–H and O–H groups in total. The third kappa shape index (κ3) is 2.17. The Balaban J connectivity index is 2.08. The van der Waals surface area contributed by atoms with Crippen molar-refractivity contribution < 1.29 is 13.2 Å². The van der Waals surface area contributed by atoms with Crippen LogP contribution in [0.15, 0.2) is 46.9 Å². The van der Waals surface area contributed by atoms with Crippen molar-refractivity contribution in [2.75, 3.05) is 0 Å². The summed E-state index contributed by atoms with van der Waals surface area (Å²) < 4.78 is 32.1. The summed E-state index contributed by atoms with van der Waals surface area (Å²) in [6.07, 6.45) is 0. The molecular weight excluding hydrogens is 284 g/mol. The summed E-state index contributed by atoms with van der Waals surface area (Å²) in [6, 6.07) is 9.54. The number of furan rings is 1. The quantitative estimate of drug-likeness (QED) is 0.760. The molecule has 0 aliphatic carbocycles. The molecule has 1 aromatic heterocycles. The van der Waals surface area contributed by atoms with E-state index in [2.05, 4.69) is 0 Å². The van der Waals surface area contributed by atoms with Crippen molar-refractivity contribution in [2.24, 2.45) is 5.73 Å². The minimum atomic E-state index is -0.685. The van der Waals surface area contributed by atoms with Crippen molar-refractivity contribution in [3.8, 4) is 0 Å². The van der Waals surface area contributed by atoms with Gasteiger partial charge in [-0.05, 0) is 29.8 Å². The van der Waals surface area contributed by atoms with E-state index in [9.17, 15) is 8.78 Å². The van der Waals surface area contributed by atoms with Crippen molar-refractivity contribution in [3.05, 3.63) is 70.4 Å². The number of fused-ring (bicyclic) bond motifs is 1. The van der Waals surface area contributed by atoms with E-state index in [1.807, 2.05) is 0 Å². The van der Waals surface area contributed by atoms with Gasteiger partial charge in [0.2, 0.25) is 0 Å². The van der Waals surface area contributed by atoms with Crippen LogP contribution in [0.2, 0.25) is 5.02 Å². The van der Waals surface area contributed by atoms with Crippen molar-refractivity contribution in [3.63, 3.8) is 0 Å². The lowest BCUT2D eigenvalue weighted by Gasteiger charge is -2.10. The zero-order chi connectivity index (χ0) is 14.3. The average molecular weight is 294 g/mol. The van der Waals surface area contributed by atoms with Crippen LogP contribution in [0.3, 0.4) is 0 Å². The molecule has 1 atom stereocenters. The predicted octanol–water partition coefficient (Wildman–Crippen LogP) is 4.41. The lowest BCUT2D eigenvalue weighted by molar-refractivity contribution is 0.502.